The van der Waals surface area contributed by atoms with Crippen molar-refractivity contribution in [3.63, 3.8) is 0 Å². The fourth-order valence-corrected chi connectivity index (χ4v) is 2.08. The highest BCUT2D eigenvalue weighted by atomic mass is 19.4. The predicted octanol–water partition coefficient (Wildman–Crippen LogP) is 1.60. The number of pyridine rings is 1. The summed E-state index contributed by atoms with van der Waals surface area (Å²) in [4.78, 5) is 19.3. The lowest BCUT2D eigenvalue weighted by Gasteiger charge is -2.29. The molecule has 2 N–H and O–H groups in total. The zero-order valence-corrected chi connectivity index (χ0v) is 12.8. The van der Waals surface area contributed by atoms with E-state index in [1.165, 1.54) is 38.7 Å². The van der Waals surface area contributed by atoms with Crippen molar-refractivity contribution in [2.45, 2.75) is 18.2 Å². The zero-order valence-electron chi connectivity index (χ0n) is 12.8. The molecule has 0 spiro atoms. The van der Waals surface area contributed by atoms with E-state index in [0.29, 0.717) is 0 Å². The smallest absolute Gasteiger partial charge is 0.425 e. The van der Waals surface area contributed by atoms with Gasteiger partial charge in [0.25, 0.3) is 0 Å². The SMILES string of the molecule is COc1ccc(NC(=O)C[C@@](O)(c2nccn2C)C(F)(F)F)cn1. The van der Waals surface area contributed by atoms with E-state index in [0.717, 1.165) is 10.8 Å². The van der Waals surface area contributed by atoms with Crippen molar-refractivity contribution in [2.24, 2.45) is 7.05 Å². The van der Waals surface area contributed by atoms with Gasteiger partial charge in [0.15, 0.2) is 5.82 Å². The van der Waals surface area contributed by atoms with Crippen LogP contribution in [0.1, 0.15) is 12.2 Å². The zero-order chi connectivity index (χ0) is 18.0. The van der Waals surface area contributed by atoms with Crippen LogP contribution in [-0.2, 0) is 17.4 Å². The Morgan fingerprint density at radius 2 is 2.08 bits per heavy atom. The molecule has 0 aromatic carbocycles. The molecular formula is C14H15F3N4O3. The Hall–Kier alpha value is -2.62. The number of hydrogen-bond donors (Lipinski definition) is 2. The first-order chi connectivity index (χ1) is 11.2. The molecule has 2 aromatic rings. The van der Waals surface area contributed by atoms with E-state index < -0.39 is 29.9 Å². The van der Waals surface area contributed by atoms with Crippen molar-refractivity contribution in [2.75, 3.05) is 12.4 Å². The molecular weight excluding hydrogens is 329 g/mol. The van der Waals surface area contributed by atoms with Crippen LogP contribution in [0.15, 0.2) is 30.7 Å². The minimum Gasteiger partial charge on any atom is -0.481 e. The molecule has 0 aliphatic carbocycles. The van der Waals surface area contributed by atoms with Gasteiger partial charge in [-0.2, -0.15) is 13.2 Å². The average Bonchev–Trinajstić information content (AvgIpc) is 2.93. The van der Waals surface area contributed by atoms with E-state index in [1.807, 2.05) is 0 Å². The second-order valence-electron chi connectivity index (χ2n) is 5.03. The van der Waals surface area contributed by atoms with Gasteiger partial charge in [0, 0.05) is 25.5 Å². The number of imidazole rings is 1. The Bertz CT molecular complexity index is 715. The number of aliphatic hydroxyl groups is 1. The fraction of sp³-hybridized carbons (Fsp3) is 0.357. The third kappa shape index (κ3) is 3.48. The Kier molecular flexibility index (Phi) is 4.78. The van der Waals surface area contributed by atoms with Gasteiger partial charge in [-0.05, 0) is 6.07 Å². The summed E-state index contributed by atoms with van der Waals surface area (Å²) >= 11 is 0. The van der Waals surface area contributed by atoms with Crippen LogP contribution in [0.4, 0.5) is 18.9 Å². The van der Waals surface area contributed by atoms with Crippen molar-refractivity contribution >= 4 is 11.6 Å². The fourth-order valence-electron chi connectivity index (χ4n) is 2.08. The molecule has 0 saturated carbocycles. The molecule has 0 radical (unpaired) electrons. The Balaban J connectivity index is 2.20. The maximum atomic E-state index is 13.3. The van der Waals surface area contributed by atoms with Gasteiger partial charge in [0.05, 0.1) is 25.4 Å². The minimum atomic E-state index is -5.08. The maximum Gasteiger partial charge on any atom is 0.425 e. The molecule has 0 aliphatic rings. The molecule has 0 saturated heterocycles. The van der Waals surface area contributed by atoms with Crippen LogP contribution in [0.25, 0.3) is 0 Å². The van der Waals surface area contributed by atoms with Crippen molar-refractivity contribution in [3.05, 3.63) is 36.5 Å². The van der Waals surface area contributed by atoms with E-state index in [1.54, 1.807) is 0 Å². The molecule has 2 heterocycles. The first-order valence-corrected chi connectivity index (χ1v) is 6.74. The van der Waals surface area contributed by atoms with Crippen LogP contribution in [0.2, 0.25) is 0 Å². The number of carbonyl (C=O) groups excluding carboxylic acids is 1. The molecule has 0 unspecified atom stereocenters. The Morgan fingerprint density at radius 3 is 2.54 bits per heavy atom. The van der Waals surface area contributed by atoms with Gasteiger partial charge in [-0.3, -0.25) is 4.79 Å². The van der Waals surface area contributed by atoms with Gasteiger partial charge >= 0.3 is 6.18 Å². The number of carbonyl (C=O) groups is 1. The highest BCUT2D eigenvalue weighted by Gasteiger charge is 2.58. The van der Waals surface area contributed by atoms with Crippen LogP contribution in [0.3, 0.4) is 0 Å². The number of aromatic nitrogens is 3. The van der Waals surface area contributed by atoms with Crippen molar-refractivity contribution < 1.29 is 27.8 Å². The number of amides is 1. The summed E-state index contributed by atoms with van der Waals surface area (Å²) in [5, 5.41) is 12.4. The Labute approximate surface area is 135 Å². The normalized spacial score (nSPS) is 14.1. The van der Waals surface area contributed by atoms with Crippen LogP contribution in [-0.4, -0.2) is 38.8 Å². The van der Waals surface area contributed by atoms with Crippen LogP contribution in [0, 0.1) is 0 Å². The van der Waals surface area contributed by atoms with E-state index in [9.17, 15) is 23.1 Å². The highest BCUT2D eigenvalue weighted by Crippen LogP contribution is 2.40. The van der Waals surface area contributed by atoms with Gasteiger partial charge in [-0.15, -0.1) is 0 Å². The van der Waals surface area contributed by atoms with E-state index in [2.05, 4.69) is 15.3 Å². The first kappa shape index (κ1) is 17.7. The van der Waals surface area contributed by atoms with Crippen molar-refractivity contribution in [1.29, 1.82) is 0 Å². The van der Waals surface area contributed by atoms with Gasteiger partial charge in [-0.25, -0.2) is 9.97 Å². The molecule has 7 nitrogen and oxygen atoms in total. The molecule has 2 rings (SSSR count). The quantitative estimate of drug-likeness (QED) is 0.860. The van der Waals surface area contributed by atoms with Crippen molar-refractivity contribution in [3.8, 4) is 5.88 Å². The lowest BCUT2D eigenvalue weighted by atomic mass is 9.97. The number of nitrogens with one attached hydrogen (secondary N) is 1. The third-order valence-corrected chi connectivity index (χ3v) is 3.31. The molecule has 2 aromatic heterocycles. The van der Waals surface area contributed by atoms with Crippen LogP contribution >= 0.6 is 0 Å². The summed E-state index contributed by atoms with van der Waals surface area (Å²) in [6, 6.07) is 2.85. The average molecular weight is 344 g/mol. The summed E-state index contributed by atoms with van der Waals surface area (Å²) in [5.41, 5.74) is -3.24. The largest absolute Gasteiger partial charge is 0.481 e. The number of alkyl halides is 3. The molecule has 1 amide bonds. The number of rotatable bonds is 5. The number of aryl methyl sites for hydroxylation is 1. The number of ether oxygens (including phenoxy) is 1. The monoisotopic (exact) mass is 344 g/mol. The summed E-state index contributed by atoms with van der Waals surface area (Å²) < 4.78 is 45.8. The van der Waals surface area contributed by atoms with Crippen molar-refractivity contribution in [1.82, 2.24) is 14.5 Å². The number of halogens is 3. The minimum absolute atomic E-state index is 0.171. The predicted molar refractivity (Wildman–Crippen MR) is 77.2 cm³/mol. The topological polar surface area (TPSA) is 89.3 Å². The summed E-state index contributed by atoms with van der Waals surface area (Å²) in [7, 11) is 2.70. The second kappa shape index (κ2) is 6.48. The molecule has 130 valence electrons. The lowest BCUT2D eigenvalue weighted by Crippen LogP contribution is -2.46. The molecule has 0 fully saturated rings. The first-order valence-electron chi connectivity index (χ1n) is 6.74. The Morgan fingerprint density at radius 1 is 1.38 bits per heavy atom. The lowest BCUT2D eigenvalue weighted by molar-refractivity contribution is -0.270. The number of hydrogen-bond acceptors (Lipinski definition) is 5. The number of nitrogens with zero attached hydrogens (tertiary/aromatic N) is 3. The molecule has 24 heavy (non-hydrogen) atoms. The second-order valence-corrected chi connectivity index (χ2v) is 5.03. The van der Waals surface area contributed by atoms with E-state index in [4.69, 9.17) is 4.74 Å². The standard InChI is InChI=1S/C14H15F3N4O3/c1-21-6-5-18-12(21)13(23,14(15,16)17)7-10(22)20-9-3-4-11(24-2)19-8-9/h3-6,8,23H,7H2,1-2H3,(H,20,22)/t13-/m1/s1. The third-order valence-electron chi connectivity index (χ3n) is 3.31. The van der Waals surface area contributed by atoms with E-state index >= 15 is 0 Å². The summed E-state index contributed by atoms with van der Waals surface area (Å²) in [6.45, 7) is 0. The highest BCUT2D eigenvalue weighted by molar-refractivity contribution is 5.91. The molecule has 10 heteroatoms. The maximum absolute atomic E-state index is 13.3. The molecule has 1 atom stereocenters. The van der Waals surface area contributed by atoms with Crippen LogP contribution in [0.5, 0.6) is 5.88 Å². The van der Waals surface area contributed by atoms with Gasteiger partial charge < -0.3 is 19.7 Å². The summed E-state index contributed by atoms with van der Waals surface area (Å²) in [6.07, 6.45) is -2.74. The van der Waals surface area contributed by atoms with Gasteiger partial charge in [0.1, 0.15) is 0 Å². The van der Waals surface area contributed by atoms with Crippen LogP contribution < -0.4 is 10.1 Å². The summed E-state index contributed by atoms with van der Waals surface area (Å²) in [5.74, 6) is -1.42. The number of methoxy groups -OCH3 is 1. The molecule has 0 bridgehead atoms. The van der Waals surface area contributed by atoms with Gasteiger partial charge in [0.2, 0.25) is 17.4 Å². The van der Waals surface area contributed by atoms with E-state index in [-0.39, 0.29) is 11.6 Å². The molecule has 0 aliphatic heterocycles. The van der Waals surface area contributed by atoms with Gasteiger partial charge in [-0.1, -0.05) is 0 Å². The number of anilines is 1.